The Balaban J connectivity index is 2.73. The summed E-state index contributed by atoms with van der Waals surface area (Å²) in [5, 5.41) is 3.43. The van der Waals surface area contributed by atoms with Gasteiger partial charge in [0, 0.05) is 6.54 Å². The van der Waals surface area contributed by atoms with Crippen LogP contribution in [0.3, 0.4) is 0 Å². The number of carbonyl (C=O) groups is 1. The van der Waals surface area contributed by atoms with Gasteiger partial charge in [-0.05, 0) is 19.8 Å². The van der Waals surface area contributed by atoms with Gasteiger partial charge in [-0.25, -0.2) is 0 Å². The SMILES string of the molecule is C=CCNC1(C(=O)OCC)CCCCCCCCCCC1. The van der Waals surface area contributed by atoms with E-state index >= 15 is 0 Å². The molecule has 1 aliphatic rings. The Kier molecular flexibility index (Phi) is 9.40. The fourth-order valence-electron chi connectivity index (χ4n) is 3.21. The van der Waals surface area contributed by atoms with Crippen molar-refractivity contribution in [2.45, 2.75) is 83.1 Å². The van der Waals surface area contributed by atoms with Gasteiger partial charge in [-0.3, -0.25) is 10.1 Å². The molecule has 0 heterocycles. The summed E-state index contributed by atoms with van der Waals surface area (Å²) in [6.45, 7) is 6.77. The molecule has 1 aliphatic carbocycles. The van der Waals surface area contributed by atoms with Crippen LogP contribution in [-0.2, 0) is 9.53 Å². The molecule has 0 aromatic carbocycles. The van der Waals surface area contributed by atoms with Gasteiger partial charge in [0.1, 0.15) is 5.54 Å². The molecule has 0 spiro atoms. The van der Waals surface area contributed by atoms with Crippen LogP contribution in [0.15, 0.2) is 12.7 Å². The van der Waals surface area contributed by atoms with E-state index in [0.717, 1.165) is 25.7 Å². The molecule has 1 fully saturated rings. The molecule has 1 saturated carbocycles. The molecule has 1 N–H and O–H groups in total. The fraction of sp³-hybridized carbons (Fsp3) is 0.833. The van der Waals surface area contributed by atoms with Crippen molar-refractivity contribution in [2.24, 2.45) is 0 Å². The minimum absolute atomic E-state index is 0.0658. The summed E-state index contributed by atoms with van der Waals surface area (Å²) in [5.41, 5.74) is -0.497. The highest BCUT2D eigenvalue weighted by molar-refractivity contribution is 5.80. The molecule has 122 valence electrons. The van der Waals surface area contributed by atoms with Crippen molar-refractivity contribution in [3.63, 3.8) is 0 Å². The average molecular weight is 295 g/mol. The van der Waals surface area contributed by atoms with Crippen LogP contribution in [0.25, 0.3) is 0 Å². The summed E-state index contributed by atoms with van der Waals surface area (Å²) in [4.78, 5) is 12.5. The second-order valence-corrected chi connectivity index (χ2v) is 6.15. The van der Waals surface area contributed by atoms with Crippen LogP contribution in [0.5, 0.6) is 0 Å². The van der Waals surface area contributed by atoms with Crippen molar-refractivity contribution in [1.82, 2.24) is 5.32 Å². The van der Waals surface area contributed by atoms with Crippen molar-refractivity contribution >= 4 is 5.97 Å². The van der Waals surface area contributed by atoms with Crippen molar-refractivity contribution < 1.29 is 9.53 Å². The summed E-state index contributed by atoms with van der Waals surface area (Å²) in [6, 6.07) is 0. The lowest BCUT2D eigenvalue weighted by molar-refractivity contribution is -0.152. The summed E-state index contributed by atoms with van der Waals surface area (Å²) in [6.07, 6.45) is 14.9. The number of carbonyl (C=O) groups excluding carboxylic acids is 1. The van der Waals surface area contributed by atoms with E-state index < -0.39 is 5.54 Å². The van der Waals surface area contributed by atoms with Crippen LogP contribution in [0.4, 0.5) is 0 Å². The lowest BCUT2D eigenvalue weighted by atomic mass is 9.85. The Morgan fingerprint density at radius 3 is 1.95 bits per heavy atom. The second kappa shape index (κ2) is 10.8. The van der Waals surface area contributed by atoms with Gasteiger partial charge in [0.25, 0.3) is 0 Å². The van der Waals surface area contributed by atoms with E-state index in [1.54, 1.807) is 0 Å². The number of esters is 1. The lowest BCUT2D eigenvalue weighted by Crippen LogP contribution is -2.53. The van der Waals surface area contributed by atoms with Gasteiger partial charge in [-0.15, -0.1) is 6.58 Å². The summed E-state index contributed by atoms with van der Waals surface area (Å²) < 4.78 is 5.37. The zero-order chi connectivity index (χ0) is 15.4. The lowest BCUT2D eigenvalue weighted by Gasteiger charge is -2.33. The molecule has 0 saturated heterocycles. The quantitative estimate of drug-likeness (QED) is 0.604. The standard InChI is InChI=1S/C18H33NO2/c1-3-16-19-18(17(20)21-4-2)14-12-10-8-6-5-7-9-11-13-15-18/h3,19H,1,4-16H2,2H3. The summed E-state index contributed by atoms with van der Waals surface area (Å²) in [5.74, 6) is -0.0658. The number of hydrogen-bond donors (Lipinski definition) is 1. The highest BCUT2D eigenvalue weighted by atomic mass is 16.5. The Labute approximate surface area is 130 Å². The van der Waals surface area contributed by atoms with Gasteiger partial charge in [0.15, 0.2) is 0 Å². The maximum absolute atomic E-state index is 12.5. The Morgan fingerprint density at radius 1 is 1.05 bits per heavy atom. The van der Waals surface area contributed by atoms with Gasteiger partial charge in [0.2, 0.25) is 0 Å². The monoisotopic (exact) mass is 295 g/mol. The van der Waals surface area contributed by atoms with Crippen LogP contribution in [-0.4, -0.2) is 24.7 Å². The van der Waals surface area contributed by atoms with Crippen LogP contribution in [0.1, 0.15) is 77.6 Å². The van der Waals surface area contributed by atoms with Gasteiger partial charge in [-0.2, -0.15) is 0 Å². The third kappa shape index (κ3) is 6.64. The first kappa shape index (κ1) is 18.2. The number of nitrogens with one attached hydrogen (secondary N) is 1. The van der Waals surface area contributed by atoms with Crippen molar-refractivity contribution in [1.29, 1.82) is 0 Å². The third-order valence-electron chi connectivity index (χ3n) is 4.46. The predicted octanol–water partition coefficient (Wildman–Crippen LogP) is 4.37. The number of ether oxygens (including phenoxy) is 1. The maximum Gasteiger partial charge on any atom is 0.326 e. The Bertz CT molecular complexity index is 290. The molecule has 0 radical (unpaired) electrons. The van der Waals surface area contributed by atoms with E-state index in [4.69, 9.17) is 4.74 Å². The zero-order valence-corrected chi connectivity index (χ0v) is 13.8. The van der Waals surface area contributed by atoms with E-state index in [1.165, 1.54) is 44.9 Å². The third-order valence-corrected chi connectivity index (χ3v) is 4.46. The van der Waals surface area contributed by atoms with E-state index in [-0.39, 0.29) is 5.97 Å². The average Bonchev–Trinajstić information content (AvgIpc) is 2.47. The van der Waals surface area contributed by atoms with E-state index in [0.29, 0.717) is 13.2 Å². The minimum atomic E-state index is -0.497. The molecular formula is C18H33NO2. The molecule has 0 bridgehead atoms. The van der Waals surface area contributed by atoms with Gasteiger partial charge < -0.3 is 4.74 Å². The van der Waals surface area contributed by atoms with Gasteiger partial charge in [0.05, 0.1) is 6.61 Å². The molecule has 21 heavy (non-hydrogen) atoms. The molecule has 3 nitrogen and oxygen atoms in total. The Hall–Kier alpha value is -0.830. The summed E-state index contributed by atoms with van der Waals surface area (Å²) in [7, 11) is 0. The maximum atomic E-state index is 12.5. The molecule has 0 aromatic heterocycles. The van der Waals surface area contributed by atoms with E-state index in [1.807, 2.05) is 13.0 Å². The molecule has 0 aromatic rings. The minimum Gasteiger partial charge on any atom is -0.465 e. The molecular weight excluding hydrogens is 262 g/mol. The van der Waals surface area contributed by atoms with Crippen LogP contribution < -0.4 is 5.32 Å². The molecule has 0 amide bonds. The first-order valence-corrected chi connectivity index (χ1v) is 8.78. The molecule has 0 atom stereocenters. The van der Waals surface area contributed by atoms with Gasteiger partial charge >= 0.3 is 5.97 Å². The summed E-state index contributed by atoms with van der Waals surface area (Å²) >= 11 is 0. The predicted molar refractivity (Wildman–Crippen MR) is 88.4 cm³/mol. The normalized spacial score (nSPS) is 20.8. The first-order valence-electron chi connectivity index (χ1n) is 8.78. The van der Waals surface area contributed by atoms with Gasteiger partial charge in [-0.1, -0.05) is 63.9 Å². The number of rotatable bonds is 5. The Morgan fingerprint density at radius 2 is 1.52 bits per heavy atom. The highest BCUT2D eigenvalue weighted by Crippen LogP contribution is 2.26. The highest BCUT2D eigenvalue weighted by Gasteiger charge is 2.37. The molecule has 0 aliphatic heterocycles. The zero-order valence-electron chi connectivity index (χ0n) is 13.8. The largest absolute Gasteiger partial charge is 0.465 e. The fourth-order valence-corrected chi connectivity index (χ4v) is 3.21. The molecule has 1 rings (SSSR count). The van der Waals surface area contributed by atoms with Crippen molar-refractivity contribution in [3.8, 4) is 0 Å². The molecule has 0 unspecified atom stereocenters. The van der Waals surface area contributed by atoms with E-state index in [9.17, 15) is 4.79 Å². The first-order chi connectivity index (χ1) is 10.2. The topological polar surface area (TPSA) is 38.3 Å². The van der Waals surface area contributed by atoms with Crippen LogP contribution >= 0.6 is 0 Å². The second-order valence-electron chi connectivity index (χ2n) is 6.15. The van der Waals surface area contributed by atoms with Crippen molar-refractivity contribution in [2.75, 3.05) is 13.2 Å². The number of hydrogen-bond acceptors (Lipinski definition) is 3. The van der Waals surface area contributed by atoms with E-state index in [2.05, 4.69) is 11.9 Å². The van der Waals surface area contributed by atoms with Crippen LogP contribution in [0, 0.1) is 0 Å². The smallest absolute Gasteiger partial charge is 0.326 e. The van der Waals surface area contributed by atoms with Crippen LogP contribution in [0.2, 0.25) is 0 Å². The van der Waals surface area contributed by atoms with Crippen molar-refractivity contribution in [3.05, 3.63) is 12.7 Å². The molecule has 3 heteroatoms.